The third kappa shape index (κ3) is 7.36. The summed E-state index contributed by atoms with van der Waals surface area (Å²) in [6.45, 7) is 3.88. The Balaban J connectivity index is 2.34. The number of halogens is 1. The lowest BCUT2D eigenvalue weighted by Gasteiger charge is -2.31. The van der Waals surface area contributed by atoms with E-state index in [1.54, 1.807) is 31.2 Å². The van der Waals surface area contributed by atoms with Crippen LogP contribution in [-0.4, -0.2) is 50.5 Å². The third-order valence-electron chi connectivity index (χ3n) is 4.69. The number of nitrogens with zero attached hydrogens (tertiary/aromatic N) is 2. The molecule has 168 valence electrons. The summed E-state index contributed by atoms with van der Waals surface area (Å²) in [5.41, 5.74) is 1.22. The largest absolute Gasteiger partial charge is 0.354 e. The van der Waals surface area contributed by atoms with E-state index in [9.17, 15) is 18.0 Å². The van der Waals surface area contributed by atoms with Gasteiger partial charge in [0.05, 0.1) is 11.9 Å². The van der Waals surface area contributed by atoms with E-state index in [1.807, 2.05) is 37.3 Å². The molecule has 0 bridgehead atoms. The van der Waals surface area contributed by atoms with Gasteiger partial charge < -0.3 is 10.2 Å². The highest BCUT2D eigenvalue weighted by atomic mass is 79.9. The highest BCUT2D eigenvalue weighted by Gasteiger charge is 2.29. The number of hydrogen-bond acceptors (Lipinski definition) is 4. The van der Waals surface area contributed by atoms with Crippen molar-refractivity contribution in [2.45, 2.75) is 32.9 Å². The molecule has 2 amide bonds. The second kappa shape index (κ2) is 11.3. The van der Waals surface area contributed by atoms with Crippen molar-refractivity contribution in [3.05, 3.63) is 64.6 Å². The lowest BCUT2D eigenvalue weighted by molar-refractivity contribution is -0.139. The average Bonchev–Trinajstić information content (AvgIpc) is 2.73. The van der Waals surface area contributed by atoms with Gasteiger partial charge in [-0.3, -0.25) is 13.9 Å². The van der Waals surface area contributed by atoms with Gasteiger partial charge in [-0.15, -0.1) is 0 Å². The van der Waals surface area contributed by atoms with Crippen LogP contribution in [0.15, 0.2) is 59.1 Å². The maximum absolute atomic E-state index is 13.3. The minimum atomic E-state index is -3.73. The zero-order valence-electron chi connectivity index (χ0n) is 17.9. The van der Waals surface area contributed by atoms with Crippen LogP contribution in [0, 0.1) is 0 Å². The Bertz CT molecular complexity index is 999. The summed E-state index contributed by atoms with van der Waals surface area (Å²) in [6, 6.07) is 15.3. The smallest absolute Gasteiger partial charge is 0.244 e. The molecule has 1 atom stereocenters. The molecule has 0 radical (unpaired) electrons. The summed E-state index contributed by atoms with van der Waals surface area (Å²) in [7, 11) is -3.73. The fourth-order valence-electron chi connectivity index (χ4n) is 3.00. The summed E-state index contributed by atoms with van der Waals surface area (Å²) < 4.78 is 26.7. The van der Waals surface area contributed by atoms with Crippen molar-refractivity contribution >= 4 is 43.5 Å². The fourth-order valence-corrected chi connectivity index (χ4v) is 4.23. The normalized spacial score (nSPS) is 12.1. The highest BCUT2D eigenvalue weighted by Crippen LogP contribution is 2.23. The van der Waals surface area contributed by atoms with Crippen LogP contribution in [0.4, 0.5) is 5.69 Å². The van der Waals surface area contributed by atoms with Gasteiger partial charge in [-0.25, -0.2) is 8.42 Å². The van der Waals surface area contributed by atoms with E-state index < -0.39 is 28.5 Å². The van der Waals surface area contributed by atoms with Gasteiger partial charge in [-0.1, -0.05) is 59.3 Å². The second-order valence-electron chi connectivity index (χ2n) is 7.22. The van der Waals surface area contributed by atoms with Crippen molar-refractivity contribution < 1.29 is 18.0 Å². The molecule has 0 unspecified atom stereocenters. The molecule has 7 nitrogen and oxygen atoms in total. The minimum absolute atomic E-state index is 0.191. The van der Waals surface area contributed by atoms with Gasteiger partial charge in [0.1, 0.15) is 12.6 Å². The molecule has 0 aromatic heterocycles. The Kier molecular flexibility index (Phi) is 9.06. The number of rotatable bonds is 10. The van der Waals surface area contributed by atoms with Gasteiger partial charge in [0.15, 0.2) is 0 Å². The monoisotopic (exact) mass is 509 g/mol. The summed E-state index contributed by atoms with van der Waals surface area (Å²) >= 11 is 3.33. The van der Waals surface area contributed by atoms with E-state index in [4.69, 9.17) is 0 Å². The molecule has 0 fully saturated rings. The van der Waals surface area contributed by atoms with Crippen LogP contribution in [0.2, 0.25) is 0 Å². The van der Waals surface area contributed by atoms with Gasteiger partial charge in [-0.2, -0.15) is 0 Å². The summed E-state index contributed by atoms with van der Waals surface area (Å²) in [5, 5.41) is 2.81. The van der Waals surface area contributed by atoms with Crippen LogP contribution in [-0.2, 0) is 26.2 Å². The number of hydrogen-bond donors (Lipinski definition) is 1. The number of sulfonamides is 1. The molecule has 2 aromatic rings. The molecule has 0 saturated carbocycles. The topological polar surface area (TPSA) is 86.8 Å². The van der Waals surface area contributed by atoms with Crippen molar-refractivity contribution in [3.8, 4) is 0 Å². The quantitative estimate of drug-likeness (QED) is 0.532. The molecule has 1 N–H and O–H groups in total. The Morgan fingerprint density at radius 2 is 1.77 bits per heavy atom. The van der Waals surface area contributed by atoms with E-state index in [1.165, 1.54) is 4.90 Å². The van der Waals surface area contributed by atoms with Gasteiger partial charge in [-0.05, 0) is 37.1 Å². The summed E-state index contributed by atoms with van der Waals surface area (Å²) in [5.74, 6) is -0.743. The Morgan fingerprint density at radius 1 is 1.10 bits per heavy atom. The second-order valence-corrected chi connectivity index (χ2v) is 10.0. The van der Waals surface area contributed by atoms with Crippen LogP contribution in [0.25, 0.3) is 0 Å². The van der Waals surface area contributed by atoms with Gasteiger partial charge in [0, 0.05) is 17.6 Å². The first kappa shape index (κ1) is 24.9. The molecule has 0 heterocycles. The van der Waals surface area contributed by atoms with E-state index >= 15 is 0 Å². The van der Waals surface area contributed by atoms with Crippen molar-refractivity contribution in [1.82, 2.24) is 10.2 Å². The molecule has 2 rings (SSSR count). The maximum atomic E-state index is 13.3. The standard InChI is InChI=1S/C22H28BrN3O4S/c1-4-13-24-22(28)17(2)25(15-18-9-6-5-7-10-18)21(27)16-26(31(3,29)30)20-12-8-11-19(23)14-20/h5-12,14,17H,4,13,15-16H2,1-3H3,(H,24,28)/t17-/m0/s1. The number of benzene rings is 2. The van der Waals surface area contributed by atoms with Crippen molar-refractivity contribution in [3.63, 3.8) is 0 Å². The van der Waals surface area contributed by atoms with Gasteiger partial charge >= 0.3 is 0 Å². The third-order valence-corrected chi connectivity index (χ3v) is 6.32. The van der Waals surface area contributed by atoms with E-state index in [0.29, 0.717) is 16.7 Å². The first-order chi connectivity index (χ1) is 14.6. The Labute approximate surface area is 192 Å². The predicted octanol–water partition coefficient (Wildman–Crippen LogP) is 3.16. The van der Waals surface area contributed by atoms with Gasteiger partial charge in [0.2, 0.25) is 21.8 Å². The van der Waals surface area contributed by atoms with Crippen LogP contribution < -0.4 is 9.62 Å². The Morgan fingerprint density at radius 3 is 2.35 bits per heavy atom. The molecule has 9 heteroatoms. The predicted molar refractivity (Wildman–Crippen MR) is 126 cm³/mol. The number of carbonyl (C=O) groups excluding carboxylic acids is 2. The molecule has 0 aliphatic carbocycles. The minimum Gasteiger partial charge on any atom is -0.354 e. The van der Waals surface area contributed by atoms with Crippen molar-refractivity contribution in [2.75, 3.05) is 23.7 Å². The molecule has 0 saturated heterocycles. The number of carbonyl (C=O) groups is 2. The molecular weight excluding hydrogens is 482 g/mol. The van der Waals surface area contributed by atoms with Crippen LogP contribution in [0.1, 0.15) is 25.8 Å². The zero-order chi connectivity index (χ0) is 23.0. The SMILES string of the molecule is CCCNC(=O)[C@H](C)N(Cc1ccccc1)C(=O)CN(c1cccc(Br)c1)S(C)(=O)=O. The maximum Gasteiger partial charge on any atom is 0.244 e. The number of nitrogens with one attached hydrogen (secondary N) is 1. The molecule has 0 spiro atoms. The Hall–Kier alpha value is -2.39. The highest BCUT2D eigenvalue weighted by molar-refractivity contribution is 9.10. The first-order valence-corrected chi connectivity index (χ1v) is 12.6. The molecule has 0 aliphatic rings. The van der Waals surface area contributed by atoms with Crippen LogP contribution >= 0.6 is 15.9 Å². The summed E-state index contributed by atoms with van der Waals surface area (Å²) in [4.78, 5) is 27.3. The van der Waals surface area contributed by atoms with E-state index in [2.05, 4.69) is 21.2 Å². The van der Waals surface area contributed by atoms with Crippen LogP contribution in [0.3, 0.4) is 0 Å². The lowest BCUT2D eigenvalue weighted by Crippen LogP contribution is -2.51. The molecule has 31 heavy (non-hydrogen) atoms. The molecule has 0 aliphatic heterocycles. The van der Waals surface area contributed by atoms with Crippen molar-refractivity contribution in [2.24, 2.45) is 0 Å². The first-order valence-electron chi connectivity index (χ1n) is 9.98. The number of anilines is 1. The van der Waals surface area contributed by atoms with Crippen molar-refractivity contribution in [1.29, 1.82) is 0 Å². The van der Waals surface area contributed by atoms with E-state index in [0.717, 1.165) is 22.5 Å². The molecule has 2 aromatic carbocycles. The average molecular weight is 510 g/mol. The molecular formula is C22H28BrN3O4S. The van der Waals surface area contributed by atoms with Gasteiger partial charge in [0.25, 0.3) is 0 Å². The van der Waals surface area contributed by atoms with Crippen LogP contribution in [0.5, 0.6) is 0 Å². The number of amides is 2. The van der Waals surface area contributed by atoms with E-state index in [-0.39, 0.29) is 12.5 Å². The lowest BCUT2D eigenvalue weighted by atomic mass is 10.1. The zero-order valence-corrected chi connectivity index (χ0v) is 20.3. The summed E-state index contributed by atoms with van der Waals surface area (Å²) in [6.07, 6.45) is 1.83. The fraction of sp³-hybridized carbons (Fsp3) is 0.364.